The molecule has 2 nitrogen and oxygen atoms in total. The molecule has 0 saturated carbocycles. The number of benzene rings is 2. The highest BCUT2D eigenvalue weighted by atomic mass is 15.0. The molecule has 1 aromatic heterocycles. The maximum absolute atomic E-state index is 9.51. The highest BCUT2D eigenvalue weighted by molar-refractivity contribution is 5.94. The molecular formula is C17H13N2. The number of para-hydroxylation sites is 1. The number of nitrogens with zero attached hydrogens (tertiary/aromatic N) is 2. The minimum Gasteiger partial charge on any atom is -0.340 e. The fraction of sp³-hybridized carbons (Fsp3) is 0.118. The molecule has 3 aromatic rings. The normalized spacial score (nSPS) is 10.5. The van der Waals surface area contributed by atoms with Gasteiger partial charge in [0.05, 0.1) is 11.3 Å². The number of rotatable bonds is 2. The van der Waals surface area contributed by atoms with Crippen LogP contribution in [0, 0.1) is 17.4 Å². The van der Waals surface area contributed by atoms with E-state index in [-0.39, 0.29) is 0 Å². The van der Waals surface area contributed by atoms with E-state index in [0.717, 1.165) is 34.3 Å². The fourth-order valence-electron chi connectivity index (χ4n) is 2.59. The summed E-state index contributed by atoms with van der Waals surface area (Å²) in [7, 11) is 0. The Hall–Kier alpha value is -2.53. The molecule has 0 bridgehead atoms. The van der Waals surface area contributed by atoms with Crippen LogP contribution in [-0.4, -0.2) is 4.57 Å². The first kappa shape index (κ1) is 11.6. The first-order valence-corrected chi connectivity index (χ1v) is 6.34. The smallest absolute Gasteiger partial charge is 0.102 e. The average molecular weight is 245 g/mol. The number of aromatic nitrogens is 1. The van der Waals surface area contributed by atoms with E-state index in [1.54, 1.807) is 0 Å². The van der Waals surface area contributed by atoms with Gasteiger partial charge in [-0.1, -0.05) is 36.4 Å². The van der Waals surface area contributed by atoms with Gasteiger partial charge in [-0.2, -0.15) is 5.26 Å². The topological polar surface area (TPSA) is 28.7 Å². The standard InChI is InChI=1S/C17H13N2/c1-2-19-16-11-7-6-10-14(16)15(12-18)17(19)13-8-4-3-5-9-13/h3-4,6-11H,2H2,1H3. The van der Waals surface area contributed by atoms with Gasteiger partial charge in [0.1, 0.15) is 6.07 Å². The lowest BCUT2D eigenvalue weighted by Crippen LogP contribution is -1.97. The summed E-state index contributed by atoms with van der Waals surface area (Å²) in [5, 5.41) is 10.5. The molecule has 0 fully saturated rings. The van der Waals surface area contributed by atoms with Crippen LogP contribution in [0.3, 0.4) is 0 Å². The Bertz CT molecular complexity index is 761. The van der Waals surface area contributed by atoms with Crippen molar-refractivity contribution in [2.45, 2.75) is 13.5 Å². The van der Waals surface area contributed by atoms with Crippen LogP contribution in [0.5, 0.6) is 0 Å². The first-order valence-electron chi connectivity index (χ1n) is 6.34. The van der Waals surface area contributed by atoms with Gasteiger partial charge in [0.2, 0.25) is 0 Å². The lowest BCUT2D eigenvalue weighted by Gasteiger charge is -2.08. The second-order valence-electron chi connectivity index (χ2n) is 4.39. The summed E-state index contributed by atoms with van der Waals surface area (Å²) in [4.78, 5) is 0. The summed E-state index contributed by atoms with van der Waals surface area (Å²) in [6, 6.07) is 21.3. The molecule has 0 saturated heterocycles. The molecule has 1 heterocycles. The van der Waals surface area contributed by atoms with E-state index in [1.807, 2.05) is 42.5 Å². The fourth-order valence-corrected chi connectivity index (χ4v) is 2.59. The van der Waals surface area contributed by atoms with Crippen molar-refractivity contribution in [2.75, 3.05) is 0 Å². The van der Waals surface area contributed by atoms with Crippen molar-refractivity contribution in [3.8, 4) is 17.3 Å². The third-order valence-electron chi connectivity index (χ3n) is 3.38. The Kier molecular flexibility index (Phi) is 2.81. The maximum atomic E-state index is 9.51. The molecule has 19 heavy (non-hydrogen) atoms. The molecule has 2 aromatic carbocycles. The second-order valence-corrected chi connectivity index (χ2v) is 4.39. The molecule has 0 aliphatic rings. The zero-order valence-corrected chi connectivity index (χ0v) is 10.7. The maximum Gasteiger partial charge on any atom is 0.102 e. The third-order valence-corrected chi connectivity index (χ3v) is 3.38. The molecule has 0 unspecified atom stereocenters. The average Bonchev–Trinajstić information content (AvgIpc) is 2.81. The molecule has 0 spiro atoms. The van der Waals surface area contributed by atoms with Crippen molar-refractivity contribution in [1.29, 1.82) is 5.26 Å². The van der Waals surface area contributed by atoms with Crippen LogP contribution in [0.25, 0.3) is 22.2 Å². The van der Waals surface area contributed by atoms with Crippen LogP contribution in [0.2, 0.25) is 0 Å². The van der Waals surface area contributed by atoms with Gasteiger partial charge in [-0.15, -0.1) is 0 Å². The molecule has 3 rings (SSSR count). The van der Waals surface area contributed by atoms with Gasteiger partial charge in [-0.3, -0.25) is 0 Å². The number of aryl methyl sites for hydroxylation is 1. The van der Waals surface area contributed by atoms with Crippen molar-refractivity contribution < 1.29 is 0 Å². The van der Waals surface area contributed by atoms with Gasteiger partial charge in [-0.05, 0) is 25.1 Å². The lowest BCUT2D eigenvalue weighted by molar-refractivity contribution is 0.804. The van der Waals surface area contributed by atoms with E-state index < -0.39 is 0 Å². The highest BCUT2D eigenvalue weighted by Gasteiger charge is 2.16. The van der Waals surface area contributed by atoms with E-state index in [1.165, 1.54) is 0 Å². The predicted molar refractivity (Wildman–Crippen MR) is 76.6 cm³/mol. The molecule has 0 N–H and O–H groups in total. The Morgan fingerprint density at radius 1 is 1.21 bits per heavy atom. The number of hydrogen-bond acceptors (Lipinski definition) is 1. The van der Waals surface area contributed by atoms with Crippen molar-refractivity contribution >= 4 is 10.9 Å². The lowest BCUT2D eigenvalue weighted by atomic mass is 10.1. The highest BCUT2D eigenvalue weighted by Crippen LogP contribution is 2.33. The Labute approximate surface area is 112 Å². The van der Waals surface area contributed by atoms with Crippen molar-refractivity contribution in [1.82, 2.24) is 4.57 Å². The minimum atomic E-state index is 0.747. The summed E-state index contributed by atoms with van der Waals surface area (Å²) in [5.41, 5.74) is 3.89. The largest absolute Gasteiger partial charge is 0.340 e. The Morgan fingerprint density at radius 3 is 2.74 bits per heavy atom. The van der Waals surface area contributed by atoms with Crippen molar-refractivity contribution in [2.24, 2.45) is 0 Å². The molecule has 0 aliphatic heterocycles. The molecule has 91 valence electrons. The Morgan fingerprint density at radius 2 is 2.05 bits per heavy atom. The van der Waals surface area contributed by atoms with Gasteiger partial charge in [0, 0.05) is 23.0 Å². The zero-order chi connectivity index (χ0) is 13.2. The first-order chi connectivity index (χ1) is 9.36. The molecule has 0 aliphatic carbocycles. The van der Waals surface area contributed by atoms with E-state index in [9.17, 15) is 5.26 Å². The summed E-state index contributed by atoms with van der Waals surface area (Å²) < 4.78 is 2.19. The van der Waals surface area contributed by atoms with Crippen LogP contribution in [-0.2, 0) is 6.54 Å². The minimum absolute atomic E-state index is 0.747. The summed E-state index contributed by atoms with van der Waals surface area (Å²) >= 11 is 0. The molecule has 0 atom stereocenters. The summed E-state index contributed by atoms with van der Waals surface area (Å²) in [6.07, 6.45) is 0. The van der Waals surface area contributed by atoms with Crippen molar-refractivity contribution in [3.63, 3.8) is 0 Å². The van der Waals surface area contributed by atoms with Gasteiger partial charge in [0.15, 0.2) is 0 Å². The van der Waals surface area contributed by atoms with Crippen LogP contribution < -0.4 is 0 Å². The van der Waals surface area contributed by atoms with E-state index in [2.05, 4.69) is 29.7 Å². The third kappa shape index (κ3) is 1.71. The van der Waals surface area contributed by atoms with E-state index in [4.69, 9.17) is 0 Å². The molecule has 1 radical (unpaired) electrons. The monoisotopic (exact) mass is 245 g/mol. The van der Waals surface area contributed by atoms with Crippen LogP contribution in [0.15, 0.2) is 48.5 Å². The van der Waals surface area contributed by atoms with Crippen molar-refractivity contribution in [3.05, 3.63) is 60.2 Å². The van der Waals surface area contributed by atoms with E-state index >= 15 is 0 Å². The van der Waals surface area contributed by atoms with Gasteiger partial charge >= 0.3 is 0 Å². The van der Waals surface area contributed by atoms with Crippen LogP contribution in [0.4, 0.5) is 0 Å². The van der Waals surface area contributed by atoms with Crippen LogP contribution in [0.1, 0.15) is 12.5 Å². The summed E-state index contributed by atoms with van der Waals surface area (Å²) in [6.45, 7) is 2.94. The number of nitriles is 1. The van der Waals surface area contributed by atoms with Gasteiger partial charge in [-0.25, -0.2) is 0 Å². The quantitative estimate of drug-likeness (QED) is 0.670. The summed E-state index contributed by atoms with van der Waals surface area (Å²) in [5.74, 6) is 0. The predicted octanol–water partition coefficient (Wildman–Crippen LogP) is 4.00. The van der Waals surface area contributed by atoms with Gasteiger partial charge < -0.3 is 4.57 Å². The molecular weight excluding hydrogens is 232 g/mol. The van der Waals surface area contributed by atoms with Gasteiger partial charge in [0.25, 0.3) is 0 Å². The molecule has 0 amide bonds. The number of hydrogen-bond donors (Lipinski definition) is 0. The number of fused-ring (bicyclic) bond motifs is 1. The van der Waals surface area contributed by atoms with E-state index in [0.29, 0.717) is 0 Å². The molecule has 2 heteroatoms. The zero-order valence-electron chi connectivity index (χ0n) is 10.7. The Balaban J connectivity index is 2.44. The SMILES string of the molecule is CCn1c(-c2c[c]ccc2)c(C#N)c2ccccc21. The second kappa shape index (κ2) is 4.62. The van der Waals surface area contributed by atoms with Crippen LogP contribution >= 0.6 is 0 Å².